The first kappa shape index (κ1) is 15.7. The molecule has 2 rings (SSSR count). The largest absolute Gasteiger partial charge is 0.298 e. The van der Waals surface area contributed by atoms with Crippen molar-refractivity contribution in [3.8, 4) is 0 Å². The highest BCUT2D eigenvalue weighted by Gasteiger charge is 2.21. The molecule has 0 aliphatic heterocycles. The lowest BCUT2D eigenvalue weighted by Crippen LogP contribution is -2.17. The molecule has 0 atom stereocenters. The Bertz CT molecular complexity index is 760. The van der Waals surface area contributed by atoms with Crippen LogP contribution in [0.5, 0.6) is 0 Å². The number of aromatic nitrogens is 1. The van der Waals surface area contributed by atoms with Gasteiger partial charge in [-0.3, -0.25) is 10.1 Å². The quantitative estimate of drug-likeness (QED) is 0.938. The molecule has 0 saturated heterocycles. The Kier molecular flexibility index (Phi) is 4.43. The van der Waals surface area contributed by atoms with Crippen molar-refractivity contribution in [1.82, 2.24) is 4.98 Å². The standard InChI is InChI=1S/C14H16N2O3S2/c1-4-21(18,19)12-8-6-5-7-11(12)13(17)16-14-15-9(2)10(3)20-14/h5-8H,4H2,1-3H3,(H,15,16,17). The Hall–Kier alpha value is -1.73. The summed E-state index contributed by atoms with van der Waals surface area (Å²) < 4.78 is 24.1. The van der Waals surface area contributed by atoms with Gasteiger partial charge in [-0.05, 0) is 26.0 Å². The lowest BCUT2D eigenvalue weighted by Gasteiger charge is -2.08. The van der Waals surface area contributed by atoms with Crippen molar-refractivity contribution < 1.29 is 13.2 Å². The van der Waals surface area contributed by atoms with Crippen molar-refractivity contribution in [1.29, 1.82) is 0 Å². The summed E-state index contributed by atoms with van der Waals surface area (Å²) in [5.74, 6) is -0.511. The summed E-state index contributed by atoms with van der Waals surface area (Å²) in [5.41, 5.74) is 0.995. The van der Waals surface area contributed by atoms with Gasteiger partial charge in [0.1, 0.15) is 0 Å². The monoisotopic (exact) mass is 324 g/mol. The highest BCUT2D eigenvalue weighted by Crippen LogP contribution is 2.23. The number of benzene rings is 1. The number of amides is 1. The topological polar surface area (TPSA) is 76.1 Å². The van der Waals surface area contributed by atoms with Crippen LogP contribution in [0.4, 0.5) is 5.13 Å². The number of sulfone groups is 1. The molecule has 21 heavy (non-hydrogen) atoms. The maximum absolute atomic E-state index is 12.3. The summed E-state index contributed by atoms with van der Waals surface area (Å²) in [6, 6.07) is 6.20. The van der Waals surface area contributed by atoms with Crippen LogP contribution in [0, 0.1) is 13.8 Å². The van der Waals surface area contributed by atoms with E-state index in [1.807, 2.05) is 13.8 Å². The number of nitrogens with zero attached hydrogens (tertiary/aromatic N) is 1. The highest BCUT2D eigenvalue weighted by molar-refractivity contribution is 7.91. The Morgan fingerprint density at radius 2 is 1.95 bits per heavy atom. The number of hydrogen-bond donors (Lipinski definition) is 1. The first-order chi connectivity index (χ1) is 9.85. The molecule has 0 saturated carbocycles. The van der Waals surface area contributed by atoms with E-state index in [4.69, 9.17) is 0 Å². The molecule has 2 aromatic rings. The second kappa shape index (κ2) is 5.95. The van der Waals surface area contributed by atoms with E-state index in [9.17, 15) is 13.2 Å². The predicted molar refractivity (Wildman–Crippen MR) is 83.7 cm³/mol. The second-order valence-corrected chi connectivity index (χ2v) is 7.96. The van der Waals surface area contributed by atoms with Crippen LogP contribution >= 0.6 is 11.3 Å². The van der Waals surface area contributed by atoms with Gasteiger partial charge in [0.2, 0.25) is 0 Å². The molecule has 0 spiro atoms. The van der Waals surface area contributed by atoms with Crippen molar-refractivity contribution in [3.05, 3.63) is 40.4 Å². The summed E-state index contributed by atoms with van der Waals surface area (Å²) in [6.45, 7) is 5.33. The molecule has 0 aliphatic carbocycles. The van der Waals surface area contributed by atoms with E-state index in [0.29, 0.717) is 5.13 Å². The van der Waals surface area contributed by atoms with Gasteiger partial charge in [0.25, 0.3) is 5.91 Å². The van der Waals surface area contributed by atoms with Crippen LogP contribution in [-0.4, -0.2) is 25.1 Å². The lowest BCUT2D eigenvalue weighted by molar-refractivity contribution is 0.102. The average Bonchev–Trinajstić information content (AvgIpc) is 2.77. The van der Waals surface area contributed by atoms with Crippen molar-refractivity contribution in [2.45, 2.75) is 25.7 Å². The number of thiazole rings is 1. The van der Waals surface area contributed by atoms with Crippen LogP contribution in [0.15, 0.2) is 29.2 Å². The summed E-state index contributed by atoms with van der Waals surface area (Å²) >= 11 is 1.36. The third kappa shape index (κ3) is 3.30. The van der Waals surface area contributed by atoms with Gasteiger partial charge in [0, 0.05) is 4.88 Å². The molecular weight excluding hydrogens is 308 g/mol. The molecule has 0 aliphatic rings. The maximum Gasteiger partial charge on any atom is 0.258 e. The maximum atomic E-state index is 12.3. The molecule has 1 aromatic heterocycles. The fourth-order valence-electron chi connectivity index (χ4n) is 1.77. The zero-order valence-electron chi connectivity index (χ0n) is 12.0. The normalized spacial score (nSPS) is 11.4. The summed E-state index contributed by atoms with van der Waals surface area (Å²) in [6.07, 6.45) is 0. The molecule has 0 fully saturated rings. The fraction of sp³-hybridized carbons (Fsp3) is 0.286. The van der Waals surface area contributed by atoms with Gasteiger partial charge >= 0.3 is 0 Å². The van der Waals surface area contributed by atoms with Crippen LogP contribution in [0.1, 0.15) is 27.9 Å². The van der Waals surface area contributed by atoms with Crippen LogP contribution in [0.3, 0.4) is 0 Å². The number of nitrogens with one attached hydrogen (secondary N) is 1. The number of aryl methyl sites for hydroxylation is 2. The van der Waals surface area contributed by atoms with Gasteiger partial charge in [-0.25, -0.2) is 13.4 Å². The van der Waals surface area contributed by atoms with Crippen molar-refractivity contribution in [3.63, 3.8) is 0 Å². The van der Waals surface area contributed by atoms with E-state index >= 15 is 0 Å². The molecule has 0 radical (unpaired) electrons. The first-order valence-electron chi connectivity index (χ1n) is 6.42. The zero-order valence-corrected chi connectivity index (χ0v) is 13.6. The number of rotatable bonds is 4. The van der Waals surface area contributed by atoms with Crippen LogP contribution in [-0.2, 0) is 9.84 Å². The predicted octanol–water partition coefficient (Wildman–Crippen LogP) is 2.81. The summed E-state index contributed by atoms with van der Waals surface area (Å²) in [5, 5.41) is 3.13. The average molecular weight is 324 g/mol. The van der Waals surface area contributed by atoms with Crippen molar-refractivity contribution in [2.24, 2.45) is 0 Å². The number of hydrogen-bond acceptors (Lipinski definition) is 5. The smallest absolute Gasteiger partial charge is 0.258 e. The van der Waals surface area contributed by atoms with E-state index in [1.54, 1.807) is 19.1 Å². The minimum atomic E-state index is -3.45. The lowest BCUT2D eigenvalue weighted by atomic mass is 10.2. The minimum Gasteiger partial charge on any atom is -0.298 e. The molecule has 1 amide bonds. The van der Waals surface area contributed by atoms with Gasteiger partial charge in [-0.1, -0.05) is 19.1 Å². The van der Waals surface area contributed by atoms with Crippen molar-refractivity contribution in [2.75, 3.05) is 11.1 Å². The van der Waals surface area contributed by atoms with E-state index in [-0.39, 0.29) is 16.2 Å². The minimum absolute atomic E-state index is 0.0488. The van der Waals surface area contributed by atoms with Gasteiger partial charge in [0.15, 0.2) is 15.0 Å². The van der Waals surface area contributed by atoms with E-state index in [1.165, 1.54) is 23.5 Å². The van der Waals surface area contributed by atoms with Gasteiger partial charge in [0.05, 0.1) is 21.9 Å². The van der Waals surface area contributed by atoms with Crippen LogP contribution in [0.25, 0.3) is 0 Å². The molecule has 1 aromatic carbocycles. The van der Waals surface area contributed by atoms with E-state index in [2.05, 4.69) is 10.3 Å². The van der Waals surface area contributed by atoms with Gasteiger partial charge < -0.3 is 0 Å². The molecule has 0 bridgehead atoms. The highest BCUT2D eigenvalue weighted by atomic mass is 32.2. The number of carbonyl (C=O) groups excluding carboxylic acids is 1. The Labute approximate surface area is 128 Å². The van der Waals surface area contributed by atoms with Crippen LogP contribution in [0.2, 0.25) is 0 Å². The second-order valence-electron chi connectivity index (χ2n) is 4.51. The SMILES string of the molecule is CCS(=O)(=O)c1ccccc1C(=O)Nc1nc(C)c(C)s1. The number of anilines is 1. The third-order valence-corrected chi connectivity index (χ3v) is 5.87. The number of carbonyl (C=O) groups is 1. The van der Waals surface area contributed by atoms with E-state index < -0.39 is 15.7 Å². The van der Waals surface area contributed by atoms with Gasteiger partial charge in [-0.15, -0.1) is 11.3 Å². The first-order valence-corrected chi connectivity index (χ1v) is 8.89. The van der Waals surface area contributed by atoms with Gasteiger partial charge in [-0.2, -0.15) is 0 Å². The summed E-state index contributed by atoms with van der Waals surface area (Å²) in [4.78, 5) is 17.6. The Morgan fingerprint density at radius 1 is 1.29 bits per heavy atom. The zero-order chi connectivity index (χ0) is 15.6. The van der Waals surface area contributed by atoms with Crippen molar-refractivity contribution >= 4 is 32.2 Å². The Balaban J connectivity index is 2.36. The molecular formula is C14H16N2O3S2. The summed E-state index contributed by atoms with van der Waals surface area (Å²) in [7, 11) is -3.45. The third-order valence-electron chi connectivity index (χ3n) is 3.10. The van der Waals surface area contributed by atoms with E-state index in [0.717, 1.165) is 10.6 Å². The molecule has 112 valence electrons. The Morgan fingerprint density at radius 3 is 2.52 bits per heavy atom. The van der Waals surface area contributed by atoms with Crippen LogP contribution < -0.4 is 5.32 Å². The molecule has 1 N–H and O–H groups in total. The molecule has 5 nitrogen and oxygen atoms in total. The molecule has 1 heterocycles. The fourth-order valence-corrected chi connectivity index (χ4v) is 3.67. The molecule has 0 unspecified atom stereocenters. The molecule has 7 heteroatoms.